The molecule has 0 unspecified atom stereocenters. The van der Waals surface area contributed by atoms with Crippen LogP contribution in [-0.2, 0) is 48.4 Å². The molecule has 0 saturated heterocycles. The van der Waals surface area contributed by atoms with E-state index in [4.69, 9.17) is 20.8 Å². The first kappa shape index (κ1) is 52.2. The van der Waals surface area contributed by atoms with E-state index in [2.05, 4.69) is 34.4 Å². The number of pyridine rings is 1. The maximum Gasteiger partial charge on any atom is 5.00 e. The summed E-state index contributed by atoms with van der Waals surface area (Å²) in [5.74, 6) is 2.41. The molecule has 0 amide bonds. The number of hydrogen-bond acceptors (Lipinski definition) is 13. The number of alkyl halides is 6. The van der Waals surface area contributed by atoms with E-state index in [1.165, 1.54) is 12.5 Å². The summed E-state index contributed by atoms with van der Waals surface area (Å²) in [6, 6.07) is 5.32. The zero-order valence-corrected chi connectivity index (χ0v) is 30.4. The first-order valence-electron chi connectivity index (χ1n) is 12.7. The molecule has 3 heterocycles. The number of nitriles is 1. The molecule has 1 aromatic rings. The van der Waals surface area contributed by atoms with Crippen molar-refractivity contribution >= 4 is 44.3 Å². The van der Waals surface area contributed by atoms with Gasteiger partial charge in [0.05, 0.1) is 7.11 Å². The fourth-order valence-electron chi connectivity index (χ4n) is 2.18. The Morgan fingerprint density at radius 2 is 1.12 bits per heavy atom. The second-order valence-electron chi connectivity index (χ2n) is 8.01. The largest absolute Gasteiger partial charge is 5.00 e. The monoisotopic (exact) mass is 839 g/mol. The van der Waals surface area contributed by atoms with Crippen LogP contribution in [0.1, 0.15) is 34.1 Å². The minimum absolute atomic E-state index is 0. The van der Waals surface area contributed by atoms with Crippen molar-refractivity contribution in [3.63, 3.8) is 0 Å². The molecule has 0 spiro atoms. The maximum atomic E-state index is 11.4. The number of methoxy groups -OCH3 is 1. The molecule has 0 aromatic carbocycles. The number of aromatic nitrogens is 1. The van der Waals surface area contributed by atoms with Crippen LogP contribution in [0.3, 0.4) is 0 Å². The zero-order chi connectivity index (χ0) is 38.4. The Morgan fingerprint density at radius 3 is 1.31 bits per heavy atom. The van der Waals surface area contributed by atoms with Gasteiger partial charge in [-0.25, -0.2) is 22.7 Å². The van der Waals surface area contributed by atoms with Crippen LogP contribution in [0.5, 0.6) is 5.75 Å². The molecule has 0 fully saturated rings. The van der Waals surface area contributed by atoms with Gasteiger partial charge in [-0.2, -0.15) is 43.2 Å². The molecule has 1 aromatic heterocycles. The van der Waals surface area contributed by atoms with Crippen molar-refractivity contribution < 1.29 is 76.1 Å². The standard InChI is InChI=1S/C14H17N5O.C3H8.C2F6O6S2.2C2H4N.C2H2N.Ru/c1-16-4-6-18(10-16)13-8-12(20-3)9-14(15-13)19-7-5-17(2)11-19;1-3-2;3-1(4,5)15(9,10)13-14-16(11,12)2(6,7)8;3*1-2-3;/h4-11H,1-3H3;3H2,1-2H3;;2*2H,1H3;1H2;/q-2;;;3*-1;+5. The van der Waals surface area contributed by atoms with Gasteiger partial charge in [0.15, 0.2) is 0 Å². The second kappa shape index (κ2) is 25.3. The summed E-state index contributed by atoms with van der Waals surface area (Å²) in [6.07, 6.45) is 11.1. The molecule has 15 nitrogen and oxygen atoms in total. The molecule has 0 atom stereocenters. The smallest absolute Gasteiger partial charge is 0.814 e. The van der Waals surface area contributed by atoms with E-state index >= 15 is 0 Å². The third-order valence-corrected chi connectivity index (χ3v) is 5.56. The van der Waals surface area contributed by atoms with Gasteiger partial charge in [-0.3, -0.25) is 0 Å². The number of rotatable bonds is 6. The summed E-state index contributed by atoms with van der Waals surface area (Å²) >= 11 is 0. The van der Waals surface area contributed by atoms with Gasteiger partial charge in [0.1, 0.15) is 17.4 Å². The van der Waals surface area contributed by atoms with Crippen molar-refractivity contribution in [2.75, 3.05) is 31.0 Å². The predicted octanol–water partition coefficient (Wildman–Crippen LogP) is 5.46. The molecular formula is C25H35F6N8O7RuS2. The van der Waals surface area contributed by atoms with E-state index in [0.29, 0.717) is 0 Å². The average Bonchev–Trinajstić information content (AvgIpc) is 3.61. The number of hydrogen-bond donors (Lipinski definition) is 0. The third kappa shape index (κ3) is 21.1. The molecule has 49 heavy (non-hydrogen) atoms. The Hall–Kier alpha value is -3.65. The molecule has 0 aliphatic carbocycles. The molecular weight excluding hydrogens is 804 g/mol. The van der Waals surface area contributed by atoms with E-state index in [1.807, 2.05) is 84.0 Å². The van der Waals surface area contributed by atoms with Crippen molar-refractivity contribution in [1.29, 1.82) is 5.26 Å². The van der Waals surface area contributed by atoms with Crippen molar-refractivity contribution in [2.24, 2.45) is 0 Å². The topological polar surface area (TPSA) is 190 Å². The maximum absolute atomic E-state index is 11.4. The van der Waals surface area contributed by atoms with E-state index < -0.39 is 31.3 Å². The summed E-state index contributed by atoms with van der Waals surface area (Å²) in [4.78, 5) is 12.5. The van der Waals surface area contributed by atoms with Crippen molar-refractivity contribution in [2.45, 2.75) is 45.1 Å². The van der Waals surface area contributed by atoms with Crippen LogP contribution in [0.15, 0.2) is 36.9 Å². The van der Waals surface area contributed by atoms with Gasteiger partial charge in [-0.05, 0) is 38.9 Å². The molecule has 0 bridgehead atoms. The molecule has 279 valence electrons. The van der Waals surface area contributed by atoms with Crippen LogP contribution in [0, 0.1) is 31.6 Å². The fraction of sp³-hybridized carbons (Fsp3) is 0.400. The van der Waals surface area contributed by atoms with Crippen molar-refractivity contribution in [3.8, 4) is 11.8 Å². The summed E-state index contributed by atoms with van der Waals surface area (Å²) in [5.41, 5.74) is -12.2. The Morgan fingerprint density at radius 1 is 0.857 bits per heavy atom. The SMILES string of the molecule is CC=[N-].CC=[N-].CCC.COc1cc(N2C=CN(C)[CH-]2)nc(N2C=CN(C)[CH-]2)c1.O=S(=O)(OOS(=O)(=O)C(F)(F)F)C(F)(F)F.[CH2-]C#N.[Ru+5]. The van der Waals surface area contributed by atoms with Crippen LogP contribution in [0.25, 0.3) is 10.8 Å². The van der Waals surface area contributed by atoms with Gasteiger partial charge in [0.2, 0.25) is 0 Å². The summed E-state index contributed by atoms with van der Waals surface area (Å²) in [5, 5.41) is 22.1. The van der Waals surface area contributed by atoms with Gasteiger partial charge >= 0.3 is 50.7 Å². The van der Waals surface area contributed by atoms with Gasteiger partial charge in [-0.1, -0.05) is 42.8 Å². The van der Waals surface area contributed by atoms with Gasteiger partial charge in [0, 0.05) is 12.1 Å². The predicted molar refractivity (Wildman–Crippen MR) is 167 cm³/mol. The van der Waals surface area contributed by atoms with Crippen molar-refractivity contribution in [1.82, 2.24) is 14.8 Å². The Bertz CT molecular complexity index is 1330. The van der Waals surface area contributed by atoms with Crippen LogP contribution < -0.4 is 14.5 Å². The molecule has 0 N–H and O–H groups in total. The van der Waals surface area contributed by atoms with E-state index in [9.17, 15) is 43.2 Å². The van der Waals surface area contributed by atoms with Crippen LogP contribution in [-0.4, -0.2) is 76.3 Å². The second-order valence-corrected chi connectivity index (χ2v) is 11.0. The Kier molecular flexibility index (Phi) is 27.0. The average molecular weight is 839 g/mol. The summed E-state index contributed by atoms with van der Waals surface area (Å²) < 4.78 is 118. The molecule has 0 saturated carbocycles. The molecule has 1 radical (unpaired) electrons. The first-order valence-corrected chi connectivity index (χ1v) is 15.5. The third-order valence-electron chi connectivity index (χ3n) is 3.85. The molecule has 2 aliphatic heterocycles. The molecule has 3 rings (SSSR count). The summed E-state index contributed by atoms with van der Waals surface area (Å²) in [7, 11) is -7.57. The van der Waals surface area contributed by atoms with E-state index in [-0.39, 0.29) is 19.5 Å². The number of anilines is 2. The zero-order valence-electron chi connectivity index (χ0n) is 27.1. The van der Waals surface area contributed by atoms with Gasteiger partial charge in [-0.15, -0.1) is 19.4 Å². The quantitative estimate of drug-likeness (QED) is 0.0669. The number of ether oxygens (including phenoxy) is 1. The Balaban J connectivity index is -0.000000312. The van der Waals surface area contributed by atoms with Gasteiger partial charge in [0.25, 0.3) is 0 Å². The minimum atomic E-state index is -6.59. The van der Waals surface area contributed by atoms with E-state index in [0.717, 1.165) is 29.8 Å². The van der Waals surface area contributed by atoms with Crippen LogP contribution in [0.4, 0.5) is 38.0 Å². The minimum Gasteiger partial charge on any atom is -0.814 e. The number of nitrogens with zero attached hydrogens (tertiary/aromatic N) is 8. The van der Waals surface area contributed by atoms with Crippen LogP contribution in [0.2, 0.25) is 0 Å². The molecule has 24 heteroatoms. The van der Waals surface area contributed by atoms with E-state index in [1.54, 1.807) is 21.0 Å². The van der Waals surface area contributed by atoms with Gasteiger partial charge < -0.3 is 42.1 Å². The Labute approximate surface area is 295 Å². The van der Waals surface area contributed by atoms with Crippen LogP contribution >= 0.6 is 0 Å². The number of halogens is 6. The fourth-order valence-corrected chi connectivity index (χ4v) is 2.92. The van der Waals surface area contributed by atoms with Crippen molar-refractivity contribution in [3.05, 3.63) is 68.0 Å². The first-order chi connectivity index (χ1) is 22.0. The molecule has 2 aliphatic rings. The summed E-state index contributed by atoms with van der Waals surface area (Å²) in [6.45, 7) is 14.1. The normalized spacial score (nSPS) is 13.1.